The topological polar surface area (TPSA) is 130 Å². The number of carbonyl (C=O) groups is 4. The Morgan fingerprint density at radius 3 is 1.48 bits per heavy atom. The Morgan fingerprint density at radius 1 is 0.852 bits per heavy atom. The number of rotatable bonds is 6. The summed E-state index contributed by atoms with van der Waals surface area (Å²) in [6, 6.07) is 0. The molecule has 0 aliphatic carbocycles. The lowest BCUT2D eigenvalue weighted by Gasteiger charge is -2.41. The molecule has 2 N–H and O–H groups in total. The molecule has 1 unspecified atom stereocenters. The summed E-state index contributed by atoms with van der Waals surface area (Å²) in [6.07, 6.45) is -2.74. The van der Waals surface area contributed by atoms with E-state index in [0.29, 0.717) is 4.90 Å². The number of carboxylic acids is 2. The molecule has 0 rings (SSSR count). The van der Waals surface area contributed by atoms with Gasteiger partial charge in [-0.15, -0.1) is 0 Å². The third-order valence-electron chi connectivity index (χ3n) is 3.80. The third kappa shape index (κ3) is 7.44. The van der Waals surface area contributed by atoms with Gasteiger partial charge in [0.1, 0.15) is 11.2 Å². The van der Waals surface area contributed by atoms with Crippen LogP contribution in [0.4, 0.5) is 9.59 Å². The van der Waals surface area contributed by atoms with Crippen LogP contribution in [0.5, 0.6) is 0 Å². The molecule has 0 heterocycles. The van der Waals surface area contributed by atoms with Crippen LogP contribution in [-0.4, -0.2) is 56.0 Å². The van der Waals surface area contributed by atoms with E-state index in [9.17, 15) is 24.3 Å². The summed E-state index contributed by atoms with van der Waals surface area (Å²) in [5.74, 6) is -3.47. The maximum Gasteiger partial charge on any atom is 0.420 e. The molecular weight excluding hydrogens is 358 g/mol. The summed E-state index contributed by atoms with van der Waals surface area (Å²) in [5, 5.41) is 18.7. The second-order valence-corrected chi connectivity index (χ2v) is 8.58. The molecular formula is C18H31NO8. The Kier molecular flexibility index (Phi) is 7.84. The zero-order chi connectivity index (χ0) is 21.8. The Morgan fingerprint density at radius 2 is 1.22 bits per heavy atom. The first kappa shape index (κ1) is 24.7. The predicted molar refractivity (Wildman–Crippen MR) is 96.4 cm³/mol. The molecule has 2 atom stereocenters. The van der Waals surface area contributed by atoms with Crippen molar-refractivity contribution >= 4 is 24.1 Å². The van der Waals surface area contributed by atoms with E-state index >= 15 is 0 Å². The lowest BCUT2D eigenvalue weighted by molar-refractivity contribution is -0.154. The molecule has 0 aromatic rings. The maximum absolute atomic E-state index is 12.7. The van der Waals surface area contributed by atoms with Crippen molar-refractivity contribution in [1.29, 1.82) is 0 Å². The zero-order valence-corrected chi connectivity index (χ0v) is 17.3. The zero-order valence-electron chi connectivity index (χ0n) is 17.3. The fraction of sp³-hybridized carbons (Fsp3) is 0.778. The molecule has 0 saturated heterocycles. The van der Waals surface area contributed by atoms with Crippen LogP contribution in [0.2, 0.25) is 0 Å². The molecule has 0 saturated carbocycles. The van der Waals surface area contributed by atoms with E-state index < -0.39 is 46.8 Å². The van der Waals surface area contributed by atoms with Crippen molar-refractivity contribution in [3.8, 4) is 0 Å². The molecule has 0 radical (unpaired) electrons. The van der Waals surface area contributed by atoms with Gasteiger partial charge in [-0.1, -0.05) is 6.92 Å². The van der Waals surface area contributed by atoms with Crippen LogP contribution in [0.1, 0.15) is 68.2 Å². The Hall–Kier alpha value is -2.32. The number of imide groups is 1. The van der Waals surface area contributed by atoms with Crippen LogP contribution in [0.3, 0.4) is 0 Å². The number of ether oxygens (including phenoxy) is 2. The normalized spacial score (nSPS) is 15.3. The number of nitrogens with zero attached hydrogens (tertiary/aromatic N) is 1. The largest absolute Gasteiger partial charge is 0.481 e. The highest BCUT2D eigenvalue weighted by atomic mass is 16.6. The summed E-state index contributed by atoms with van der Waals surface area (Å²) < 4.78 is 10.4. The molecule has 9 heteroatoms. The van der Waals surface area contributed by atoms with Crippen molar-refractivity contribution in [2.75, 3.05) is 0 Å². The van der Waals surface area contributed by atoms with Gasteiger partial charge < -0.3 is 19.7 Å². The summed E-state index contributed by atoms with van der Waals surface area (Å²) in [5.41, 5.74) is -4.04. The first-order valence-electron chi connectivity index (χ1n) is 8.63. The van der Waals surface area contributed by atoms with E-state index in [1.54, 1.807) is 41.5 Å². The standard InChI is InChI=1S/C18H31NO8/c1-11(9-10-12(20)21)18(8,13(22)23)19(14(24)26-16(2,3)4)15(25)27-17(5,6)7/h11H,9-10H2,1-8H3,(H,20,21)(H,22,23)/t11?,18-/m0/s1. The highest BCUT2D eigenvalue weighted by Gasteiger charge is 2.52. The molecule has 0 aliphatic rings. The molecule has 2 amide bonds. The molecule has 0 fully saturated rings. The van der Waals surface area contributed by atoms with Crippen LogP contribution < -0.4 is 0 Å². The first-order chi connectivity index (χ1) is 11.9. The first-order valence-corrected chi connectivity index (χ1v) is 8.63. The van der Waals surface area contributed by atoms with Crippen molar-refractivity contribution in [1.82, 2.24) is 4.90 Å². The molecule has 0 aliphatic heterocycles. The summed E-state index contributed by atoms with van der Waals surface area (Å²) in [4.78, 5) is 48.8. The molecule has 0 spiro atoms. The molecule has 156 valence electrons. The van der Waals surface area contributed by atoms with Gasteiger partial charge in [-0.05, 0) is 60.8 Å². The van der Waals surface area contributed by atoms with E-state index in [2.05, 4.69) is 0 Å². The Labute approximate surface area is 159 Å². The number of aliphatic carboxylic acids is 2. The average molecular weight is 389 g/mol. The smallest absolute Gasteiger partial charge is 0.420 e. The third-order valence-corrected chi connectivity index (χ3v) is 3.80. The summed E-state index contributed by atoms with van der Waals surface area (Å²) in [6.45, 7) is 12.1. The van der Waals surface area contributed by atoms with Crippen molar-refractivity contribution in [3.05, 3.63) is 0 Å². The average Bonchev–Trinajstić information content (AvgIpc) is 2.39. The number of hydrogen-bond acceptors (Lipinski definition) is 6. The second kappa shape index (κ2) is 8.58. The van der Waals surface area contributed by atoms with E-state index in [1.165, 1.54) is 13.8 Å². The molecule has 9 nitrogen and oxygen atoms in total. The predicted octanol–water partition coefficient (Wildman–Crippen LogP) is 3.50. The summed E-state index contributed by atoms with van der Waals surface area (Å²) in [7, 11) is 0. The van der Waals surface area contributed by atoms with Crippen molar-refractivity contribution < 1.29 is 38.9 Å². The van der Waals surface area contributed by atoms with Gasteiger partial charge in [-0.25, -0.2) is 14.4 Å². The molecule has 27 heavy (non-hydrogen) atoms. The SMILES string of the molecule is CC(CCC(=O)O)[C@@](C)(C(=O)O)N(C(=O)OC(C)(C)C)C(=O)OC(C)(C)C. The van der Waals surface area contributed by atoms with Gasteiger partial charge in [0, 0.05) is 6.42 Å². The van der Waals surface area contributed by atoms with Crippen molar-refractivity contribution in [2.24, 2.45) is 5.92 Å². The number of amides is 2. The quantitative estimate of drug-likeness (QED) is 0.706. The van der Waals surface area contributed by atoms with Gasteiger partial charge >= 0.3 is 24.1 Å². The van der Waals surface area contributed by atoms with Crippen molar-refractivity contribution in [3.63, 3.8) is 0 Å². The van der Waals surface area contributed by atoms with Gasteiger partial charge in [0.15, 0.2) is 5.54 Å². The fourth-order valence-corrected chi connectivity index (χ4v) is 2.22. The molecule has 0 aromatic carbocycles. The van der Waals surface area contributed by atoms with Gasteiger partial charge in [0.25, 0.3) is 0 Å². The van der Waals surface area contributed by atoms with Crippen LogP contribution >= 0.6 is 0 Å². The van der Waals surface area contributed by atoms with Gasteiger partial charge in [-0.3, -0.25) is 4.79 Å². The molecule has 0 bridgehead atoms. The van der Waals surface area contributed by atoms with Crippen LogP contribution in [0.25, 0.3) is 0 Å². The number of carbonyl (C=O) groups excluding carboxylic acids is 2. The van der Waals surface area contributed by atoms with Crippen molar-refractivity contribution in [2.45, 2.75) is 85.0 Å². The highest BCUT2D eigenvalue weighted by Crippen LogP contribution is 2.32. The van der Waals surface area contributed by atoms with Crippen LogP contribution in [-0.2, 0) is 19.1 Å². The Bertz CT molecular complexity index is 559. The van der Waals surface area contributed by atoms with E-state index in [4.69, 9.17) is 14.6 Å². The minimum absolute atomic E-state index is 0.0692. The number of hydrogen-bond donors (Lipinski definition) is 2. The summed E-state index contributed by atoms with van der Waals surface area (Å²) >= 11 is 0. The lowest BCUT2D eigenvalue weighted by atomic mass is 9.82. The van der Waals surface area contributed by atoms with E-state index in [1.807, 2.05) is 0 Å². The highest BCUT2D eigenvalue weighted by molar-refractivity contribution is 5.96. The maximum atomic E-state index is 12.7. The van der Waals surface area contributed by atoms with Crippen LogP contribution in [0.15, 0.2) is 0 Å². The lowest BCUT2D eigenvalue weighted by Crippen LogP contribution is -2.62. The van der Waals surface area contributed by atoms with Gasteiger partial charge in [-0.2, -0.15) is 4.90 Å². The second-order valence-electron chi connectivity index (χ2n) is 8.58. The van der Waals surface area contributed by atoms with E-state index in [0.717, 1.165) is 0 Å². The van der Waals surface area contributed by atoms with Gasteiger partial charge in [0.2, 0.25) is 0 Å². The minimum Gasteiger partial charge on any atom is -0.481 e. The van der Waals surface area contributed by atoms with E-state index in [-0.39, 0.29) is 12.8 Å². The fourth-order valence-electron chi connectivity index (χ4n) is 2.22. The number of carboxylic acid groups (broad SMARTS) is 2. The van der Waals surface area contributed by atoms with Gasteiger partial charge in [0.05, 0.1) is 0 Å². The monoisotopic (exact) mass is 389 g/mol. The van der Waals surface area contributed by atoms with Crippen LogP contribution in [0, 0.1) is 5.92 Å². The molecule has 0 aromatic heterocycles. The minimum atomic E-state index is -2.07. The Balaban J connectivity index is 6.13.